The lowest BCUT2D eigenvalue weighted by Crippen LogP contribution is -2.10. The summed E-state index contributed by atoms with van der Waals surface area (Å²) in [4.78, 5) is 4.71. The van der Waals surface area contributed by atoms with Crippen LogP contribution in [0, 0.1) is 0 Å². The predicted octanol–water partition coefficient (Wildman–Crippen LogP) is 18.1. The smallest absolute Gasteiger partial charge is 0.0468 e. The molecular formula is C58H38Br2N2. The number of benzene rings is 11. The number of halogens is 2. The van der Waals surface area contributed by atoms with Crippen molar-refractivity contribution in [2.45, 2.75) is 0 Å². The van der Waals surface area contributed by atoms with Crippen LogP contribution < -0.4 is 9.80 Å². The van der Waals surface area contributed by atoms with Crippen LogP contribution in [-0.4, -0.2) is 0 Å². The van der Waals surface area contributed by atoms with Gasteiger partial charge in [0.05, 0.1) is 0 Å². The molecule has 0 aliphatic rings. The van der Waals surface area contributed by atoms with Crippen molar-refractivity contribution in [1.29, 1.82) is 0 Å². The number of rotatable bonds is 8. The Hall–Kier alpha value is -6.98. The maximum atomic E-state index is 3.68. The van der Waals surface area contributed by atoms with Crippen LogP contribution in [0.25, 0.3) is 65.3 Å². The Kier molecular flexibility index (Phi) is 9.88. The first kappa shape index (κ1) is 38.0. The first-order valence-electron chi connectivity index (χ1n) is 20.8. The average Bonchev–Trinajstić information content (AvgIpc) is 3.32. The van der Waals surface area contributed by atoms with Crippen molar-refractivity contribution in [2.75, 3.05) is 9.80 Å². The molecule has 0 bridgehead atoms. The largest absolute Gasteiger partial charge is 0.310 e. The van der Waals surface area contributed by atoms with Gasteiger partial charge in [-0.3, -0.25) is 0 Å². The molecule has 11 aromatic carbocycles. The molecule has 2 nitrogen and oxygen atoms in total. The Balaban J connectivity index is 1.26. The highest BCUT2D eigenvalue weighted by Gasteiger charge is 2.22. The maximum absolute atomic E-state index is 3.68. The van der Waals surface area contributed by atoms with Crippen LogP contribution in [-0.2, 0) is 0 Å². The van der Waals surface area contributed by atoms with Crippen molar-refractivity contribution >= 4 is 109 Å². The molecule has 0 N–H and O–H groups in total. The summed E-state index contributed by atoms with van der Waals surface area (Å²) in [7, 11) is 0. The van der Waals surface area contributed by atoms with E-state index in [1.807, 2.05) is 0 Å². The van der Waals surface area contributed by atoms with E-state index >= 15 is 0 Å². The van der Waals surface area contributed by atoms with Crippen LogP contribution in [0.2, 0.25) is 0 Å². The van der Waals surface area contributed by atoms with Gasteiger partial charge in [0.1, 0.15) is 0 Å². The number of hydrogen-bond acceptors (Lipinski definition) is 2. The second kappa shape index (κ2) is 16.1. The zero-order valence-electron chi connectivity index (χ0n) is 33.6. The molecule has 0 aliphatic carbocycles. The zero-order chi connectivity index (χ0) is 41.6. The Bertz CT molecular complexity index is 3190. The third kappa shape index (κ3) is 7.01. The number of para-hydroxylation sites is 2. The van der Waals surface area contributed by atoms with Gasteiger partial charge in [0.15, 0.2) is 0 Å². The van der Waals surface area contributed by atoms with Crippen LogP contribution >= 0.6 is 31.9 Å². The van der Waals surface area contributed by atoms with Crippen LogP contribution in [0.3, 0.4) is 0 Å². The summed E-state index contributed by atoms with van der Waals surface area (Å²) in [6.45, 7) is 0. The number of fused-ring (bicyclic) bond motifs is 4. The highest BCUT2D eigenvalue weighted by molar-refractivity contribution is 9.10. The first-order valence-corrected chi connectivity index (χ1v) is 22.4. The van der Waals surface area contributed by atoms with Crippen molar-refractivity contribution in [3.05, 3.63) is 239 Å². The first-order chi connectivity index (χ1) is 30.6. The SMILES string of the molecule is Brc1ccc(N(c2ccccc2)c2ccc3c(-c4ccc5ccccc5c4)c4cc(N(c5ccccc5)c5ccc(Br)cc5)ccc4c(-c4ccc5ccccc5c4)c3c2)cc1. The molecule has 0 spiro atoms. The quantitative estimate of drug-likeness (QED) is 0.140. The molecule has 11 aromatic rings. The maximum Gasteiger partial charge on any atom is 0.0468 e. The van der Waals surface area contributed by atoms with E-state index in [-0.39, 0.29) is 0 Å². The van der Waals surface area contributed by atoms with E-state index in [2.05, 4.69) is 272 Å². The van der Waals surface area contributed by atoms with E-state index in [0.29, 0.717) is 0 Å². The fraction of sp³-hybridized carbons (Fsp3) is 0. The van der Waals surface area contributed by atoms with Crippen molar-refractivity contribution in [3.63, 3.8) is 0 Å². The van der Waals surface area contributed by atoms with Crippen LogP contribution in [0.15, 0.2) is 239 Å². The minimum atomic E-state index is 1.04. The fourth-order valence-electron chi connectivity index (χ4n) is 9.02. The lowest BCUT2D eigenvalue weighted by Gasteiger charge is -2.28. The second-order valence-electron chi connectivity index (χ2n) is 15.6. The molecule has 0 fully saturated rings. The summed E-state index contributed by atoms with van der Waals surface area (Å²) in [5, 5.41) is 9.62. The van der Waals surface area contributed by atoms with Crippen molar-refractivity contribution in [2.24, 2.45) is 0 Å². The molecule has 4 heteroatoms. The molecule has 294 valence electrons. The Morgan fingerprint density at radius 3 is 0.984 bits per heavy atom. The van der Waals surface area contributed by atoms with Crippen LogP contribution in [0.5, 0.6) is 0 Å². The molecule has 11 rings (SSSR count). The fourth-order valence-corrected chi connectivity index (χ4v) is 9.55. The van der Waals surface area contributed by atoms with E-state index in [4.69, 9.17) is 0 Å². The number of hydrogen-bond donors (Lipinski definition) is 0. The molecule has 0 radical (unpaired) electrons. The van der Waals surface area contributed by atoms with Crippen molar-refractivity contribution < 1.29 is 0 Å². The van der Waals surface area contributed by atoms with Gasteiger partial charge in [-0.25, -0.2) is 0 Å². The molecule has 0 atom stereocenters. The van der Waals surface area contributed by atoms with Gasteiger partial charge in [0.25, 0.3) is 0 Å². The van der Waals surface area contributed by atoms with Gasteiger partial charge in [-0.1, -0.05) is 153 Å². The zero-order valence-corrected chi connectivity index (χ0v) is 36.8. The summed E-state index contributed by atoms with van der Waals surface area (Å²) in [6.07, 6.45) is 0. The molecular weight excluding hydrogens is 884 g/mol. The molecule has 0 aliphatic heterocycles. The van der Waals surface area contributed by atoms with Gasteiger partial charge in [-0.2, -0.15) is 0 Å². The monoisotopic (exact) mass is 920 g/mol. The van der Waals surface area contributed by atoms with Gasteiger partial charge in [0, 0.05) is 43.1 Å². The summed E-state index contributed by atoms with van der Waals surface area (Å²) in [5.74, 6) is 0. The highest BCUT2D eigenvalue weighted by atomic mass is 79.9. The minimum Gasteiger partial charge on any atom is -0.310 e. The normalized spacial score (nSPS) is 11.4. The molecule has 0 unspecified atom stereocenters. The van der Waals surface area contributed by atoms with Gasteiger partial charge in [-0.05, 0) is 175 Å². The van der Waals surface area contributed by atoms with Crippen LogP contribution in [0.4, 0.5) is 34.1 Å². The van der Waals surface area contributed by atoms with E-state index in [1.165, 1.54) is 65.3 Å². The summed E-state index contributed by atoms with van der Waals surface area (Å²) in [6, 6.07) is 83.8. The highest BCUT2D eigenvalue weighted by Crippen LogP contribution is 2.49. The standard InChI is InChI=1S/C58H38Br2N2/c59-45-23-27-49(28-24-45)61(47-15-3-1-4-16-47)51-31-33-53-55(37-51)57(43-21-19-39-11-7-9-13-41(39)35-43)54-34-32-52(62(48-17-5-2-6-18-48)50-29-25-46(60)26-30-50)38-56(54)58(53)44-22-20-40-12-8-10-14-42(40)36-44/h1-38H. The van der Waals surface area contributed by atoms with E-state index in [0.717, 1.165) is 43.1 Å². The lowest BCUT2D eigenvalue weighted by atomic mass is 9.84. The number of nitrogens with zero attached hydrogens (tertiary/aromatic N) is 2. The average molecular weight is 923 g/mol. The van der Waals surface area contributed by atoms with E-state index in [9.17, 15) is 0 Å². The molecule has 0 saturated heterocycles. The van der Waals surface area contributed by atoms with E-state index < -0.39 is 0 Å². The summed E-state index contributed by atoms with van der Waals surface area (Å²) in [5.41, 5.74) is 11.3. The Labute approximate surface area is 378 Å². The molecule has 0 aromatic heterocycles. The molecule has 62 heavy (non-hydrogen) atoms. The number of anilines is 6. The molecule has 0 amide bonds. The van der Waals surface area contributed by atoms with Gasteiger partial charge >= 0.3 is 0 Å². The van der Waals surface area contributed by atoms with Crippen LogP contribution in [0.1, 0.15) is 0 Å². The van der Waals surface area contributed by atoms with Crippen molar-refractivity contribution in [3.8, 4) is 22.3 Å². The van der Waals surface area contributed by atoms with Gasteiger partial charge in [-0.15, -0.1) is 0 Å². The summed E-state index contributed by atoms with van der Waals surface area (Å²) >= 11 is 7.36. The topological polar surface area (TPSA) is 6.48 Å². The minimum absolute atomic E-state index is 1.04. The molecule has 0 saturated carbocycles. The van der Waals surface area contributed by atoms with Crippen molar-refractivity contribution in [1.82, 2.24) is 0 Å². The van der Waals surface area contributed by atoms with Gasteiger partial charge in [0.2, 0.25) is 0 Å². The predicted molar refractivity (Wildman–Crippen MR) is 272 cm³/mol. The Morgan fingerprint density at radius 1 is 0.242 bits per heavy atom. The summed E-state index contributed by atoms with van der Waals surface area (Å²) < 4.78 is 2.09. The molecule has 0 heterocycles. The third-order valence-corrected chi connectivity index (χ3v) is 12.9. The third-order valence-electron chi connectivity index (χ3n) is 11.9. The van der Waals surface area contributed by atoms with Gasteiger partial charge < -0.3 is 9.80 Å². The lowest BCUT2D eigenvalue weighted by molar-refractivity contribution is 1.28. The van der Waals surface area contributed by atoms with E-state index in [1.54, 1.807) is 0 Å². The second-order valence-corrected chi connectivity index (χ2v) is 17.5. The Morgan fingerprint density at radius 2 is 0.581 bits per heavy atom.